The minimum atomic E-state index is -0.160. The highest BCUT2D eigenvalue weighted by atomic mass is 79.9. The average molecular weight is 359 g/mol. The van der Waals surface area contributed by atoms with Crippen LogP contribution in [0.15, 0.2) is 53.0 Å². The van der Waals surface area contributed by atoms with Gasteiger partial charge in [-0.3, -0.25) is 0 Å². The normalized spacial score (nSPS) is 15.2. The number of amides is 2. The molecule has 2 aromatic carbocycles. The third-order valence-corrected chi connectivity index (χ3v) is 4.86. The standard InChI is InChI=1S/C18H19BrN2O/c1-13-7-8-16(15(19)11-13)21-17(22)20-12-18(9-10-18)14-5-3-2-4-6-14/h2-8,11H,9-10,12H2,1H3,(H2,20,21,22). The summed E-state index contributed by atoms with van der Waals surface area (Å²) in [5, 5.41) is 5.90. The smallest absolute Gasteiger partial charge is 0.319 e. The summed E-state index contributed by atoms with van der Waals surface area (Å²) >= 11 is 3.47. The number of benzene rings is 2. The van der Waals surface area contributed by atoms with E-state index in [4.69, 9.17) is 0 Å². The Morgan fingerprint density at radius 2 is 1.91 bits per heavy atom. The van der Waals surface area contributed by atoms with Crippen LogP contribution in [0.5, 0.6) is 0 Å². The summed E-state index contributed by atoms with van der Waals surface area (Å²) in [6, 6.07) is 16.1. The maximum absolute atomic E-state index is 12.1. The maximum atomic E-state index is 12.1. The number of halogens is 1. The first-order chi connectivity index (χ1) is 10.6. The van der Waals surface area contributed by atoms with Crippen LogP contribution in [-0.2, 0) is 5.41 Å². The van der Waals surface area contributed by atoms with Crippen LogP contribution in [0.2, 0.25) is 0 Å². The van der Waals surface area contributed by atoms with Crippen LogP contribution in [0.1, 0.15) is 24.0 Å². The Labute approximate surface area is 139 Å². The highest BCUT2D eigenvalue weighted by Gasteiger charge is 2.44. The van der Waals surface area contributed by atoms with E-state index in [0.29, 0.717) is 6.54 Å². The molecule has 1 fully saturated rings. The van der Waals surface area contributed by atoms with Crippen LogP contribution in [-0.4, -0.2) is 12.6 Å². The molecule has 1 aliphatic rings. The van der Waals surface area contributed by atoms with Gasteiger partial charge in [0, 0.05) is 16.4 Å². The lowest BCUT2D eigenvalue weighted by atomic mass is 9.96. The van der Waals surface area contributed by atoms with Gasteiger partial charge in [-0.1, -0.05) is 36.4 Å². The largest absolute Gasteiger partial charge is 0.337 e. The number of carbonyl (C=O) groups is 1. The molecule has 114 valence electrons. The Kier molecular flexibility index (Phi) is 4.21. The van der Waals surface area contributed by atoms with Gasteiger partial charge in [-0.05, 0) is 59.0 Å². The van der Waals surface area contributed by atoms with Crippen LogP contribution in [0.25, 0.3) is 0 Å². The summed E-state index contributed by atoms with van der Waals surface area (Å²) < 4.78 is 0.895. The van der Waals surface area contributed by atoms with Gasteiger partial charge in [0.2, 0.25) is 0 Å². The first-order valence-corrected chi connectivity index (χ1v) is 8.25. The SMILES string of the molecule is Cc1ccc(NC(=O)NCC2(c3ccccc3)CC2)c(Br)c1. The van der Waals surface area contributed by atoms with Gasteiger partial charge in [-0.15, -0.1) is 0 Å². The van der Waals surface area contributed by atoms with Crippen LogP contribution in [0.4, 0.5) is 10.5 Å². The van der Waals surface area contributed by atoms with Gasteiger partial charge < -0.3 is 10.6 Å². The van der Waals surface area contributed by atoms with E-state index in [0.717, 1.165) is 28.6 Å². The summed E-state index contributed by atoms with van der Waals surface area (Å²) in [5.74, 6) is 0. The first-order valence-electron chi connectivity index (χ1n) is 7.46. The van der Waals surface area contributed by atoms with Crippen molar-refractivity contribution < 1.29 is 4.79 Å². The van der Waals surface area contributed by atoms with Gasteiger partial charge >= 0.3 is 6.03 Å². The van der Waals surface area contributed by atoms with Gasteiger partial charge in [-0.25, -0.2) is 4.79 Å². The van der Waals surface area contributed by atoms with E-state index < -0.39 is 0 Å². The van der Waals surface area contributed by atoms with Crippen LogP contribution < -0.4 is 10.6 Å². The number of hydrogen-bond donors (Lipinski definition) is 2. The van der Waals surface area contributed by atoms with Crippen molar-refractivity contribution in [3.05, 3.63) is 64.1 Å². The van der Waals surface area contributed by atoms with E-state index in [1.807, 2.05) is 31.2 Å². The molecule has 4 heteroatoms. The van der Waals surface area contributed by atoms with E-state index in [-0.39, 0.29) is 11.4 Å². The van der Waals surface area contributed by atoms with E-state index >= 15 is 0 Å². The topological polar surface area (TPSA) is 41.1 Å². The fourth-order valence-electron chi connectivity index (χ4n) is 2.65. The molecule has 1 aliphatic carbocycles. The Bertz CT molecular complexity index is 681. The minimum Gasteiger partial charge on any atom is -0.337 e. The predicted octanol–water partition coefficient (Wildman–Crippen LogP) is 4.61. The molecular formula is C18H19BrN2O. The first kappa shape index (κ1) is 15.1. The fraction of sp³-hybridized carbons (Fsp3) is 0.278. The number of nitrogens with one attached hydrogen (secondary N) is 2. The molecule has 2 aromatic rings. The number of rotatable bonds is 4. The van der Waals surface area contributed by atoms with Crippen molar-refractivity contribution in [2.75, 3.05) is 11.9 Å². The third kappa shape index (κ3) is 3.33. The van der Waals surface area contributed by atoms with Crippen LogP contribution >= 0.6 is 15.9 Å². The molecule has 3 rings (SSSR count). The molecule has 0 unspecified atom stereocenters. The van der Waals surface area contributed by atoms with Gasteiger partial charge in [-0.2, -0.15) is 0 Å². The quantitative estimate of drug-likeness (QED) is 0.822. The van der Waals surface area contributed by atoms with Gasteiger partial charge in [0.1, 0.15) is 0 Å². The molecule has 0 aliphatic heterocycles. The molecule has 3 nitrogen and oxygen atoms in total. The minimum absolute atomic E-state index is 0.128. The number of anilines is 1. The molecule has 22 heavy (non-hydrogen) atoms. The van der Waals surface area contributed by atoms with Crippen molar-refractivity contribution >= 4 is 27.6 Å². The lowest BCUT2D eigenvalue weighted by molar-refractivity contribution is 0.251. The molecule has 2 amide bonds. The van der Waals surface area contributed by atoms with Crippen molar-refractivity contribution in [1.29, 1.82) is 0 Å². The number of urea groups is 1. The van der Waals surface area contributed by atoms with Gasteiger partial charge in [0.15, 0.2) is 0 Å². The zero-order valence-corrected chi connectivity index (χ0v) is 14.1. The van der Waals surface area contributed by atoms with Crippen molar-refractivity contribution in [2.45, 2.75) is 25.2 Å². The molecule has 0 radical (unpaired) electrons. The zero-order chi connectivity index (χ0) is 15.6. The Balaban J connectivity index is 1.59. The summed E-state index contributed by atoms with van der Waals surface area (Å²) in [5.41, 5.74) is 3.38. The Morgan fingerprint density at radius 3 is 2.55 bits per heavy atom. The fourth-order valence-corrected chi connectivity index (χ4v) is 3.24. The summed E-state index contributed by atoms with van der Waals surface area (Å²) in [6.07, 6.45) is 2.26. The van der Waals surface area contributed by atoms with Crippen molar-refractivity contribution in [3.63, 3.8) is 0 Å². The van der Waals surface area contributed by atoms with Gasteiger partial charge in [0.05, 0.1) is 5.69 Å². The Hall–Kier alpha value is -1.81. The lowest BCUT2D eigenvalue weighted by Crippen LogP contribution is -2.35. The van der Waals surface area contributed by atoms with Crippen molar-refractivity contribution in [3.8, 4) is 0 Å². The molecule has 0 heterocycles. The van der Waals surface area contributed by atoms with Crippen molar-refractivity contribution in [2.24, 2.45) is 0 Å². The molecular weight excluding hydrogens is 340 g/mol. The van der Waals surface area contributed by atoms with E-state index in [1.165, 1.54) is 5.56 Å². The monoisotopic (exact) mass is 358 g/mol. The van der Waals surface area contributed by atoms with E-state index in [9.17, 15) is 4.79 Å². The second-order valence-electron chi connectivity index (χ2n) is 5.94. The van der Waals surface area contributed by atoms with Crippen LogP contribution in [0.3, 0.4) is 0 Å². The average Bonchev–Trinajstić information content (AvgIpc) is 3.30. The molecule has 0 spiro atoms. The lowest BCUT2D eigenvalue weighted by Gasteiger charge is -2.17. The highest BCUT2D eigenvalue weighted by Crippen LogP contribution is 2.47. The predicted molar refractivity (Wildman–Crippen MR) is 93.3 cm³/mol. The van der Waals surface area contributed by atoms with Gasteiger partial charge in [0.25, 0.3) is 0 Å². The second kappa shape index (κ2) is 6.13. The molecule has 0 atom stereocenters. The van der Waals surface area contributed by atoms with Crippen molar-refractivity contribution in [1.82, 2.24) is 5.32 Å². The molecule has 0 saturated heterocycles. The molecule has 0 bridgehead atoms. The zero-order valence-electron chi connectivity index (χ0n) is 12.5. The molecule has 0 aromatic heterocycles. The van der Waals surface area contributed by atoms with E-state index in [1.54, 1.807) is 0 Å². The number of aryl methyl sites for hydroxylation is 1. The third-order valence-electron chi connectivity index (χ3n) is 4.20. The summed E-state index contributed by atoms with van der Waals surface area (Å²) in [6.45, 7) is 2.69. The van der Waals surface area contributed by atoms with Crippen LogP contribution in [0, 0.1) is 6.92 Å². The Morgan fingerprint density at radius 1 is 1.18 bits per heavy atom. The second-order valence-corrected chi connectivity index (χ2v) is 6.79. The highest BCUT2D eigenvalue weighted by molar-refractivity contribution is 9.10. The van der Waals surface area contributed by atoms with E-state index in [2.05, 4.69) is 50.8 Å². The maximum Gasteiger partial charge on any atom is 0.319 e. The number of hydrogen-bond acceptors (Lipinski definition) is 1. The summed E-state index contributed by atoms with van der Waals surface area (Å²) in [7, 11) is 0. The number of carbonyl (C=O) groups excluding carboxylic acids is 1. The molecule has 1 saturated carbocycles. The molecule has 2 N–H and O–H groups in total. The summed E-state index contributed by atoms with van der Waals surface area (Å²) in [4.78, 5) is 12.1.